The summed E-state index contributed by atoms with van der Waals surface area (Å²) < 4.78 is 22.3. The van der Waals surface area contributed by atoms with Crippen molar-refractivity contribution >= 4 is 16.9 Å². The molecule has 0 saturated carbocycles. The first-order chi connectivity index (χ1) is 14.0. The summed E-state index contributed by atoms with van der Waals surface area (Å²) in [6.07, 6.45) is 1.81. The number of nitrogens with two attached hydrogens (primary N) is 1. The van der Waals surface area contributed by atoms with E-state index in [1.165, 1.54) is 7.11 Å². The number of ether oxygens (including phenoxy) is 4. The molecule has 1 heterocycles. The highest BCUT2D eigenvalue weighted by atomic mass is 16.5. The minimum Gasteiger partial charge on any atom is -0.497 e. The number of aliphatic carboxylic acids is 1. The first-order valence-electron chi connectivity index (χ1n) is 8.91. The van der Waals surface area contributed by atoms with Crippen LogP contribution in [0.25, 0.3) is 10.9 Å². The molecule has 3 N–H and O–H groups in total. The van der Waals surface area contributed by atoms with Crippen molar-refractivity contribution in [2.75, 3.05) is 20.8 Å². The second-order valence-corrected chi connectivity index (χ2v) is 6.19. The van der Waals surface area contributed by atoms with Gasteiger partial charge < -0.3 is 29.8 Å². The van der Waals surface area contributed by atoms with Crippen LogP contribution in [0.1, 0.15) is 6.42 Å². The summed E-state index contributed by atoms with van der Waals surface area (Å²) in [5.74, 6) is 1.86. The molecule has 0 radical (unpaired) electrons. The number of hydrogen-bond acceptors (Lipinski definition) is 7. The molecule has 0 fully saturated rings. The summed E-state index contributed by atoms with van der Waals surface area (Å²) in [5.41, 5.74) is 6.15. The molecule has 8 heteroatoms. The zero-order chi connectivity index (χ0) is 20.8. The van der Waals surface area contributed by atoms with Crippen LogP contribution in [-0.2, 0) is 4.79 Å². The Labute approximate surface area is 167 Å². The van der Waals surface area contributed by atoms with E-state index in [2.05, 4.69) is 4.98 Å². The smallest absolute Gasteiger partial charge is 0.320 e. The summed E-state index contributed by atoms with van der Waals surface area (Å²) in [6.45, 7) is 0.136. The Morgan fingerprint density at radius 2 is 1.76 bits per heavy atom. The van der Waals surface area contributed by atoms with Crippen molar-refractivity contribution in [3.05, 3.63) is 48.7 Å². The van der Waals surface area contributed by atoms with E-state index in [9.17, 15) is 4.79 Å². The van der Waals surface area contributed by atoms with Gasteiger partial charge in [0.1, 0.15) is 23.3 Å². The predicted octanol–water partition coefficient (Wildman–Crippen LogP) is 3.23. The quantitative estimate of drug-likeness (QED) is 0.565. The molecule has 0 spiro atoms. The van der Waals surface area contributed by atoms with Crippen LogP contribution in [0.5, 0.6) is 28.7 Å². The van der Waals surface area contributed by atoms with Crippen LogP contribution in [0.2, 0.25) is 0 Å². The number of hydrogen-bond donors (Lipinski definition) is 2. The van der Waals surface area contributed by atoms with E-state index >= 15 is 0 Å². The second kappa shape index (κ2) is 9.11. The first kappa shape index (κ1) is 20.2. The molecule has 3 aromatic rings. The maximum absolute atomic E-state index is 10.8. The van der Waals surface area contributed by atoms with Crippen molar-refractivity contribution in [2.45, 2.75) is 12.5 Å². The largest absolute Gasteiger partial charge is 0.497 e. The van der Waals surface area contributed by atoms with Gasteiger partial charge in [-0.05, 0) is 36.4 Å². The van der Waals surface area contributed by atoms with Crippen molar-refractivity contribution in [1.82, 2.24) is 4.98 Å². The molecule has 1 aromatic heterocycles. The SMILES string of the molecule is COc1ccc(Oc2ccnc3cc(OCC[C@H](N)C(=O)O)c(OC)cc23)cc1. The number of benzene rings is 2. The van der Waals surface area contributed by atoms with Gasteiger partial charge in [0, 0.05) is 24.1 Å². The van der Waals surface area contributed by atoms with E-state index in [1.807, 2.05) is 24.3 Å². The van der Waals surface area contributed by atoms with E-state index in [-0.39, 0.29) is 13.0 Å². The van der Waals surface area contributed by atoms with Crippen molar-refractivity contribution in [1.29, 1.82) is 0 Å². The van der Waals surface area contributed by atoms with Crippen LogP contribution in [-0.4, -0.2) is 42.9 Å². The van der Waals surface area contributed by atoms with Gasteiger partial charge in [-0.15, -0.1) is 0 Å². The lowest BCUT2D eigenvalue weighted by atomic mass is 10.1. The van der Waals surface area contributed by atoms with Crippen molar-refractivity contribution < 1.29 is 28.8 Å². The molecule has 1 atom stereocenters. The molecule has 0 aliphatic heterocycles. The van der Waals surface area contributed by atoms with Crippen molar-refractivity contribution in [3.8, 4) is 28.7 Å². The van der Waals surface area contributed by atoms with Crippen LogP contribution >= 0.6 is 0 Å². The number of methoxy groups -OCH3 is 2. The van der Waals surface area contributed by atoms with Gasteiger partial charge in [0.05, 0.1) is 26.3 Å². The monoisotopic (exact) mass is 398 g/mol. The normalized spacial score (nSPS) is 11.7. The van der Waals surface area contributed by atoms with Gasteiger partial charge in [-0.25, -0.2) is 0 Å². The fourth-order valence-electron chi connectivity index (χ4n) is 2.68. The van der Waals surface area contributed by atoms with Crippen LogP contribution < -0.4 is 24.7 Å². The third kappa shape index (κ3) is 4.85. The molecule has 0 unspecified atom stereocenters. The molecular formula is C21H22N2O6. The first-order valence-corrected chi connectivity index (χ1v) is 8.91. The zero-order valence-electron chi connectivity index (χ0n) is 16.1. The fourth-order valence-corrected chi connectivity index (χ4v) is 2.68. The van der Waals surface area contributed by atoms with Gasteiger partial charge in [-0.3, -0.25) is 9.78 Å². The van der Waals surface area contributed by atoms with Gasteiger partial charge >= 0.3 is 5.97 Å². The lowest BCUT2D eigenvalue weighted by molar-refractivity contribution is -0.138. The Hall–Kier alpha value is -3.52. The highest BCUT2D eigenvalue weighted by Gasteiger charge is 2.14. The number of rotatable bonds is 9. The highest BCUT2D eigenvalue weighted by molar-refractivity contribution is 5.88. The number of fused-ring (bicyclic) bond motifs is 1. The predicted molar refractivity (Wildman–Crippen MR) is 107 cm³/mol. The summed E-state index contributed by atoms with van der Waals surface area (Å²) in [5, 5.41) is 9.61. The fraction of sp³-hybridized carbons (Fsp3) is 0.238. The second-order valence-electron chi connectivity index (χ2n) is 6.19. The number of aromatic nitrogens is 1. The molecule has 29 heavy (non-hydrogen) atoms. The van der Waals surface area contributed by atoms with Gasteiger partial charge in [0.2, 0.25) is 0 Å². The van der Waals surface area contributed by atoms with Crippen LogP contribution in [0.15, 0.2) is 48.7 Å². The number of carboxylic acids is 1. The minimum atomic E-state index is -1.07. The van der Waals surface area contributed by atoms with E-state index < -0.39 is 12.0 Å². The zero-order valence-corrected chi connectivity index (χ0v) is 16.1. The van der Waals surface area contributed by atoms with Gasteiger partial charge in [0.15, 0.2) is 11.5 Å². The van der Waals surface area contributed by atoms with E-state index in [4.69, 9.17) is 29.8 Å². The van der Waals surface area contributed by atoms with Crippen LogP contribution in [0.3, 0.4) is 0 Å². The van der Waals surface area contributed by atoms with Crippen LogP contribution in [0, 0.1) is 0 Å². The topological polar surface area (TPSA) is 113 Å². The van der Waals surface area contributed by atoms with Gasteiger partial charge in [-0.1, -0.05) is 0 Å². The molecule has 8 nitrogen and oxygen atoms in total. The van der Waals surface area contributed by atoms with E-state index in [0.29, 0.717) is 28.5 Å². The summed E-state index contributed by atoms with van der Waals surface area (Å²) in [6, 6.07) is 11.5. The number of pyridine rings is 1. The summed E-state index contributed by atoms with van der Waals surface area (Å²) in [7, 11) is 3.13. The van der Waals surface area contributed by atoms with Gasteiger partial charge in [0.25, 0.3) is 0 Å². The van der Waals surface area contributed by atoms with Crippen LogP contribution in [0.4, 0.5) is 0 Å². The molecule has 0 amide bonds. The Balaban J connectivity index is 1.84. The highest BCUT2D eigenvalue weighted by Crippen LogP contribution is 2.37. The molecule has 0 bridgehead atoms. The summed E-state index contributed by atoms with van der Waals surface area (Å²) >= 11 is 0. The van der Waals surface area contributed by atoms with Crippen molar-refractivity contribution in [3.63, 3.8) is 0 Å². The third-order valence-corrected chi connectivity index (χ3v) is 4.28. The molecule has 3 rings (SSSR count). The Morgan fingerprint density at radius 3 is 2.41 bits per heavy atom. The molecule has 0 aliphatic rings. The maximum Gasteiger partial charge on any atom is 0.320 e. The van der Waals surface area contributed by atoms with E-state index in [1.54, 1.807) is 31.5 Å². The van der Waals surface area contributed by atoms with Crippen molar-refractivity contribution in [2.24, 2.45) is 5.73 Å². The number of nitrogens with zero attached hydrogens (tertiary/aromatic N) is 1. The lowest BCUT2D eigenvalue weighted by Gasteiger charge is -2.14. The molecule has 0 saturated heterocycles. The number of carbonyl (C=O) groups is 1. The maximum atomic E-state index is 10.8. The third-order valence-electron chi connectivity index (χ3n) is 4.28. The molecule has 0 aliphatic carbocycles. The standard InChI is InChI=1S/C21H22N2O6/c1-26-13-3-5-14(6-4-13)29-18-7-9-23-17-12-20(19(27-2)11-15(17)18)28-10-8-16(22)21(24)25/h3-7,9,11-12,16H,8,10,22H2,1-2H3,(H,24,25)/t16-/m0/s1. The number of carboxylic acid groups (broad SMARTS) is 1. The average molecular weight is 398 g/mol. The molecule has 2 aromatic carbocycles. The lowest BCUT2D eigenvalue weighted by Crippen LogP contribution is -2.31. The Kier molecular flexibility index (Phi) is 6.36. The van der Waals surface area contributed by atoms with E-state index in [0.717, 1.165) is 11.1 Å². The Morgan fingerprint density at radius 1 is 1.03 bits per heavy atom. The molecular weight excluding hydrogens is 376 g/mol. The minimum absolute atomic E-state index is 0.136. The van der Waals surface area contributed by atoms with Gasteiger partial charge in [-0.2, -0.15) is 0 Å². The summed E-state index contributed by atoms with van der Waals surface area (Å²) in [4.78, 5) is 15.2. The average Bonchev–Trinajstić information content (AvgIpc) is 2.73. The Bertz CT molecular complexity index is 990. The molecule has 152 valence electrons.